The van der Waals surface area contributed by atoms with Crippen LogP contribution in [0.15, 0.2) is 22.8 Å². The highest BCUT2D eigenvalue weighted by Gasteiger charge is 2.48. The molecule has 1 aliphatic heterocycles. The third-order valence-electron chi connectivity index (χ3n) is 6.41. The number of amides is 2. The summed E-state index contributed by atoms with van der Waals surface area (Å²) in [6.45, 7) is 7.23. The number of aromatic nitrogens is 1. The minimum atomic E-state index is -0.903. The zero-order valence-corrected chi connectivity index (χ0v) is 17.2. The standard InChI is InChI=1S/C22H31N3O3/c1-15(2)9-11-25-20(26)18-13-19-17(10-12-28-19)24(18)14-22(25,3)21(27)23-16-7-5-4-6-8-16/h10,12-13,15-16H,4-9,11,14H2,1-3H3,(H,23,27)/t22-/m1/s1. The maximum Gasteiger partial charge on any atom is 0.271 e. The summed E-state index contributed by atoms with van der Waals surface area (Å²) in [6.07, 6.45) is 8.13. The fraction of sp³-hybridized carbons (Fsp3) is 0.636. The van der Waals surface area contributed by atoms with Crippen molar-refractivity contribution >= 4 is 22.9 Å². The van der Waals surface area contributed by atoms with Gasteiger partial charge < -0.3 is 19.2 Å². The van der Waals surface area contributed by atoms with Crippen molar-refractivity contribution in [2.24, 2.45) is 5.92 Å². The Morgan fingerprint density at radius 1 is 1.32 bits per heavy atom. The molecule has 152 valence electrons. The first kappa shape index (κ1) is 19.1. The van der Waals surface area contributed by atoms with Crippen LogP contribution in [0, 0.1) is 5.92 Å². The lowest BCUT2D eigenvalue weighted by Gasteiger charge is -2.45. The molecule has 0 spiro atoms. The summed E-state index contributed by atoms with van der Waals surface area (Å²) in [4.78, 5) is 28.6. The van der Waals surface area contributed by atoms with Gasteiger partial charge in [0.25, 0.3) is 5.91 Å². The number of furan rings is 1. The van der Waals surface area contributed by atoms with E-state index >= 15 is 0 Å². The minimum absolute atomic E-state index is 0.0347. The monoisotopic (exact) mass is 385 g/mol. The van der Waals surface area contributed by atoms with Crippen LogP contribution in [-0.2, 0) is 11.3 Å². The molecule has 1 atom stereocenters. The topological polar surface area (TPSA) is 67.5 Å². The second kappa shape index (κ2) is 7.30. The van der Waals surface area contributed by atoms with Gasteiger partial charge in [0.05, 0.1) is 18.3 Å². The van der Waals surface area contributed by atoms with E-state index in [4.69, 9.17) is 4.42 Å². The van der Waals surface area contributed by atoms with E-state index in [0.29, 0.717) is 30.3 Å². The fourth-order valence-electron chi connectivity index (χ4n) is 4.60. The highest BCUT2D eigenvalue weighted by Crippen LogP contribution is 2.33. The van der Waals surface area contributed by atoms with E-state index in [9.17, 15) is 9.59 Å². The summed E-state index contributed by atoms with van der Waals surface area (Å²) >= 11 is 0. The van der Waals surface area contributed by atoms with Gasteiger partial charge >= 0.3 is 0 Å². The molecule has 0 radical (unpaired) electrons. The second-order valence-electron chi connectivity index (χ2n) is 9.01. The summed E-state index contributed by atoms with van der Waals surface area (Å²) in [5, 5.41) is 3.26. The SMILES string of the molecule is CC(C)CCN1C(=O)c2cc3occc3n2C[C@]1(C)C(=O)NC1CCCCC1. The summed E-state index contributed by atoms with van der Waals surface area (Å²) in [7, 11) is 0. The van der Waals surface area contributed by atoms with E-state index < -0.39 is 5.54 Å². The van der Waals surface area contributed by atoms with Gasteiger partial charge in [0.2, 0.25) is 5.91 Å². The van der Waals surface area contributed by atoms with Crippen molar-refractivity contribution in [3.8, 4) is 0 Å². The van der Waals surface area contributed by atoms with Crippen LogP contribution in [0.2, 0.25) is 0 Å². The van der Waals surface area contributed by atoms with Crippen LogP contribution in [0.5, 0.6) is 0 Å². The Bertz CT molecular complexity index is 875. The molecule has 0 aromatic carbocycles. The zero-order chi connectivity index (χ0) is 19.9. The van der Waals surface area contributed by atoms with Gasteiger partial charge in [-0.3, -0.25) is 9.59 Å². The second-order valence-corrected chi connectivity index (χ2v) is 9.01. The number of hydrogen-bond acceptors (Lipinski definition) is 3. The van der Waals surface area contributed by atoms with Gasteiger partial charge in [-0.05, 0) is 32.1 Å². The first-order valence-electron chi connectivity index (χ1n) is 10.6. The molecule has 6 heteroatoms. The van der Waals surface area contributed by atoms with Crippen LogP contribution in [0.1, 0.15) is 69.8 Å². The van der Waals surface area contributed by atoms with Crippen LogP contribution in [0.4, 0.5) is 0 Å². The smallest absolute Gasteiger partial charge is 0.271 e. The van der Waals surface area contributed by atoms with Crippen LogP contribution in [0.3, 0.4) is 0 Å². The number of rotatable bonds is 5. The highest BCUT2D eigenvalue weighted by molar-refractivity contribution is 6.02. The summed E-state index contributed by atoms with van der Waals surface area (Å²) < 4.78 is 7.46. The first-order valence-corrected chi connectivity index (χ1v) is 10.6. The van der Waals surface area contributed by atoms with E-state index in [1.54, 1.807) is 17.2 Å². The van der Waals surface area contributed by atoms with E-state index in [-0.39, 0.29) is 17.9 Å². The Labute approximate surface area is 166 Å². The number of carbonyl (C=O) groups excluding carboxylic acids is 2. The third kappa shape index (κ3) is 3.23. The molecule has 28 heavy (non-hydrogen) atoms. The zero-order valence-electron chi connectivity index (χ0n) is 17.2. The quantitative estimate of drug-likeness (QED) is 0.847. The molecule has 2 aromatic rings. The average molecular weight is 386 g/mol. The largest absolute Gasteiger partial charge is 0.463 e. The summed E-state index contributed by atoms with van der Waals surface area (Å²) in [5.74, 6) is 0.343. The van der Waals surface area contributed by atoms with Crippen LogP contribution >= 0.6 is 0 Å². The van der Waals surface area contributed by atoms with Gasteiger partial charge in [-0.2, -0.15) is 0 Å². The molecule has 4 rings (SSSR count). The molecular formula is C22H31N3O3. The predicted molar refractivity (Wildman–Crippen MR) is 108 cm³/mol. The summed E-state index contributed by atoms with van der Waals surface area (Å²) in [6, 6.07) is 3.90. The number of hydrogen-bond donors (Lipinski definition) is 1. The predicted octanol–water partition coefficient (Wildman–Crippen LogP) is 3.94. The molecule has 6 nitrogen and oxygen atoms in total. The molecule has 1 N–H and O–H groups in total. The molecule has 0 unspecified atom stereocenters. The third-order valence-corrected chi connectivity index (χ3v) is 6.41. The number of nitrogens with one attached hydrogen (secondary N) is 1. The fourth-order valence-corrected chi connectivity index (χ4v) is 4.60. The minimum Gasteiger partial charge on any atom is -0.463 e. The van der Waals surface area contributed by atoms with Gasteiger partial charge in [-0.1, -0.05) is 33.1 Å². The van der Waals surface area contributed by atoms with Gasteiger partial charge in [-0.15, -0.1) is 0 Å². The Morgan fingerprint density at radius 3 is 2.79 bits per heavy atom. The molecule has 1 fully saturated rings. The van der Waals surface area contributed by atoms with Crippen molar-refractivity contribution in [2.45, 2.75) is 77.4 Å². The number of nitrogens with zero attached hydrogens (tertiary/aromatic N) is 2. The van der Waals surface area contributed by atoms with E-state index in [1.165, 1.54) is 6.42 Å². The normalized spacial score (nSPS) is 23.4. The molecule has 2 amide bonds. The maximum absolute atomic E-state index is 13.5. The lowest BCUT2D eigenvalue weighted by molar-refractivity contribution is -0.133. The Hall–Kier alpha value is -2.24. The first-order chi connectivity index (χ1) is 13.4. The molecule has 2 aliphatic rings. The van der Waals surface area contributed by atoms with E-state index in [0.717, 1.165) is 37.6 Å². The summed E-state index contributed by atoms with van der Waals surface area (Å²) in [5.41, 5.74) is 1.29. The van der Waals surface area contributed by atoms with Crippen LogP contribution in [-0.4, -0.2) is 39.4 Å². The van der Waals surface area contributed by atoms with Crippen LogP contribution < -0.4 is 5.32 Å². The van der Waals surface area contributed by atoms with Crippen molar-refractivity contribution < 1.29 is 14.0 Å². The number of carbonyl (C=O) groups is 2. The van der Waals surface area contributed by atoms with Crippen molar-refractivity contribution in [1.29, 1.82) is 0 Å². The Kier molecular flexibility index (Phi) is 4.98. The van der Waals surface area contributed by atoms with Crippen molar-refractivity contribution in [1.82, 2.24) is 14.8 Å². The van der Waals surface area contributed by atoms with E-state index in [1.807, 2.05) is 17.6 Å². The van der Waals surface area contributed by atoms with E-state index in [2.05, 4.69) is 19.2 Å². The van der Waals surface area contributed by atoms with Gasteiger partial charge in [0.1, 0.15) is 11.2 Å². The molecular weight excluding hydrogens is 354 g/mol. The average Bonchev–Trinajstić information content (AvgIpc) is 3.24. The Balaban J connectivity index is 1.67. The van der Waals surface area contributed by atoms with Gasteiger partial charge in [0.15, 0.2) is 5.58 Å². The maximum atomic E-state index is 13.5. The molecule has 1 aliphatic carbocycles. The lowest BCUT2D eigenvalue weighted by Crippen LogP contribution is -2.65. The van der Waals surface area contributed by atoms with Gasteiger partial charge in [-0.25, -0.2) is 0 Å². The molecule has 2 aromatic heterocycles. The van der Waals surface area contributed by atoms with Crippen molar-refractivity contribution in [2.75, 3.05) is 6.54 Å². The Morgan fingerprint density at radius 2 is 2.07 bits per heavy atom. The number of fused-ring (bicyclic) bond motifs is 3. The molecule has 0 saturated heterocycles. The lowest BCUT2D eigenvalue weighted by atomic mass is 9.91. The van der Waals surface area contributed by atoms with Gasteiger partial charge in [0, 0.05) is 24.7 Å². The molecule has 1 saturated carbocycles. The molecule has 0 bridgehead atoms. The van der Waals surface area contributed by atoms with Crippen LogP contribution in [0.25, 0.3) is 11.1 Å². The van der Waals surface area contributed by atoms with Crippen molar-refractivity contribution in [3.05, 3.63) is 24.1 Å². The molecule has 3 heterocycles. The van der Waals surface area contributed by atoms with Crippen molar-refractivity contribution in [3.63, 3.8) is 0 Å². The highest BCUT2D eigenvalue weighted by atomic mass is 16.3.